The lowest BCUT2D eigenvalue weighted by Gasteiger charge is -2.50. The number of hydrazine groups is 1. The minimum Gasteiger partial charge on any atom is -0.504 e. The quantitative estimate of drug-likeness (QED) is 0.151. The van der Waals surface area contributed by atoms with Crippen molar-refractivity contribution in [3.05, 3.63) is 130 Å². The van der Waals surface area contributed by atoms with Crippen molar-refractivity contribution < 1.29 is 43.3 Å². The highest BCUT2D eigenvalue weighted by molar-refractivity contribution is 6.30. The summed E-state index contributed by atoms with van der Waals surface area (Å²) in [5.74, 6) is -8.91. The fraction of sp³-hybridized carbons (Fsp3) is 0.225. The number of halogens is 2. The average molecular weight is 736 g/mol. The van der Waals surface area contributed by atoms with Crippen molar-refractivity contribution in [2.24, 2.45) is 23.7 Å². The van der Waals surface area contributed by atoms with Gasteiger partial charge in [-0.25, -0.2) is 9.18 Å². The number of hydrogen-bond donors (Lipinski definition) is 3. The van der Waals surface area contributed by atoms with E-state index in [-0.39, 0.29) is 46.8 Å². The average Bonchev–Trinajstić information content (AvgIpc) is 3.53. The van der Waals surface area contributed by atoms with Gasteiger partial charge in [0.2, 0.25) is 11.8 Å². The van der Waals surface area contributed by atoms with Crippen LogP contribution in [0.4, 0.5) is 15.8 Å². The molecule has 2 aliphatic carbocycles. The molecule has 4 aromatic rings. The van der Waals surface area contributed by atoms with Crippen LogP contribution in [-0.2, 0) is 24.6 Å². The molecule has 53 heavy (non-hydrogen) atoms. The van der Waals surface area contributed by atoms with E-state index in [1.165, 1.54) is 55.6 Å². The Bertz CT molecular complexity index is 2260. The van der Waals surface area contributed by atoms with Gasteiger partial charge in [-0.3, -0.25) is 29.5 Å². The number of nitrogens with zero attached hydrogens (tertiary/aromatic N) is 2. The summed E-state index contributed by atoms with van der Waals surface area (Å²) in [7, 11) is 1.39. The summed E-state index contributed by atoms with van der Waals surface area (Å²) in [5, 5.41) is 22.7. The van der Waals surface area contributed by atoms with E-state index < -0.39 is 70.4 Å². The number of fused-ring (bicyclic) bond motifs is 4. The molecule has 11 nitrogen and oxygen atoms in total. The van der Waals surface area contributed by atoms with Crippen LogP contribution in [-0.4, -0.2) is 51.9 Å². The molecule has 4 aliphatic rings. The number of imide groups is 2. The molecule has 268 valence electrons. The zero-order valence-corrected chi connectivity index (χ0v) is 28.8. The van der Waals surface area contributed by atoms with E-state index in [1.807, 2.05) is 6.08 Å². The van der Waals surface area contributed by atoms with E-state index in [4.69, 9.17) is 16.3 Å². The van der Waals surface area contributed by atoms with Crippen LogP contribution in [0.15, 0.2) is 103 Å². The number of ether oxygens (including phenoxy) is 1. The number of carbonyl (C=O) groups is 5. The highest BCUT2D eigenvalue weighted by Gasteiger charge is 2.70. The highest BCUT2D eigenvalue weighted by atomic mass is 35.5. The van der Waals surface area contributed by atoms with Crippen molar-refractivity contribution in [1.82, 2.24) is 5.01 Å². The Morgan fingerprint density at radius 1 is 0.925 bits per heavy atom. The van der Waals surface area contributed by atoms with Gasteiger partial charge in [0.1, 0.15) is 5.82 Å². The van der Waals surface area contributed by atoms with Gasteiger partial charge in [-0.2, -0.15) is 5.01 Å². The first-order valence-corrected chi connectivity index (χ1v) is 17.3. The number of benzene rings is 4. The molecule has 2 heterocycles. The number of carboxylic acid groups (broad SMARTS) is 1. The maximum Gasteiger partial charge on any atom is 0.335 e. The number of phenols is 1. The lowest BCUT2D eigenvalue weighted by Crippen LogP contribution is -2.53. The third kappa shape index (κ3) is 5.03. The lowest BCUT2D eigenvalue weighted by atomic mass is 9.49. The highest BCUT2D eigenvalue weighted by Crippen LogP contribution is 2.65. The normalized spacial score (nSPS) is 26.2. The van der Waals surface area contributed by atoms with Crippen molar-refractivity contribution in [2.75, 3.05) is 17.4 Å². The summed E-state index contributed by atoms with van der Waals surface area (Å²) >= 11 is 6.34. The van der Waals surface area contributed by atoms with Crippen LogP contribution >= 0.6 is 11.6 Å². The van der Waals surface area contributed by atoms with Crippen LogP contribution in [0.2, 0.25) is 5.02 Å². The fourth-order valence-corrected chi connectivity index (χ4v) is 9.10. The first-order valence-electron chi connectivity index (χ1n) is 16.9. The number of nitrogens with one attached hydrogen (secondary N) is 1. The summed E-state index contributed by atoms with van der Waals surface area (Å²) in [6.07, 6.45) is 1.92. The van der Waals surface area contributed by atoms with Crippen molar-refractivity contribution in [2.45, 2.75) is 24.2 Å². The molecule has 0 aromatic heterocycles. The zero-order valence-electron chi connectivity index (χ0n) is 28.0. The van der Waals surface area contributed by atoms with Crippen LogP contribution in [0.1, 0.15) is 40.2 Å². The van der Waals surface area contributed by atoms with Crippen LogP contribution in [0.25, 0.3) is 0 Å². The third-order valence-electron chi connectivity index (χ3n) is 11.2. The molecular weight excluding hydrogens is 705 g/mol. The van der Waals surface area contributed by atoms with Crippen molar-refractivity contribution in [3.8, 4) is 11.5 Å². The van der Waals surface area contributed by atoms with Gasteiger partial charge in [-0.1, -0.05) is 53.6 Å². The van der Waals surface area contributed by atoms with E-state index in [9.17, 15) is 33.8 Å². The molecule has 2 saturated heterocycles. The molecule has 2 aliphatic heterocycles. The summed E-state index contributed by atoms with van der Waals surface area (Å²) in [5.41, 5.74) is 2.77. The monoisotopic (exact) mass is 735 g/mol. The molecule has 1 saturated carbocycles. The van der Waals surface area contributed by atoms with Crippen LogP contribution in [0, 0.1) is 29.5 Å². The molecule has 8 rings (SSSR count). The van der Waals surface area contributed by atoms with E-state index in [0.717, 1.165) is 9.91 Å². The zero-order chi connectivity index (χ0) is 37.3. The molecule has 3 fully saturated rings. The topological polar surface area (TPSA) is 154 Å². The number of rotatable bonds is 7. The second-order valence-electron chi connectivity index (χ2n) is 13.6. The van der Waals surface area contributed by atoms with Crippen molar-refractivity contribution in [3.63, 3.8) is 0 Å². The molecule has 4 amide bonds. The summed E-state index contributed by atoms with van der Waals surface area (Å²) < 4.78 is 19.4. The van der Waals surface area contributed by atoms with Crippen LogP contribution < -0.4 is 15.1 Å². The Morgan fingerprint density at radius 3 is 2.34 bits per heavy atom. The smallest absolute Gasteiger partial charge is 0.335 e. The minimum absolute atomic E-state index is 0.0228. The third-order valence-corrected chi connectivity index (χ3v) is 11.4. The number of allylic oxidation sites excluding steroid dienone is 2. The van der Waals surface area contributed by atoms with E-state index in [0.29, 0.717) is 16.2 Å². The first-order chi connectivity index (χ1) is 25.5. The molecular formula is C40H31ClFN3O8. The number of anilines is 2. The van der Waals surface area contributed by atoms with Crippen LogP contribution in [0.3, 0.4) is 0 Å². The van der Waals surface area contributed by atoms with Gasteiger partial charge in [0, 0.05) is 16.5 Å². The molecule has 4 aromatic carbocycles. The second kappa shape index (κ2) is 12.6. The Balaban J connectivity index is 1.33. The number of hydrogen-bond acceptors (Lipinski definition) is 8. The van der Waals surface area contributed by atoms with Gasteiger partial charge in [-0.05, 0) is 85.0 Å². The number of amides is 4. The van der Waals surface area contributed by atoms with Gasteiger partial charge in [-0.15, -0.1) is 0 Å². The first kappa shape index (κ1) is 34.1. The number of carbonyl (C=O) groups excluding carboxylic acids is 4. The van der Waals surface area contributed by atoms with Gasteiger partial charge >= 0.3 is 5.97 Å². The summed E-state index contributed by atoms with van der Waals surface area (Å²) in [6.45, 7) is 0. The predicted molar refractivity (Wildman–Crippen MR) is 190 cm³/mol. The molecule has 13 heteroatoms. The number of aromatic hydroxyl groups is 1. The SMILES string of the molecule is COc1cccc(C2C3=CCC4C(=O)N(c5cccc(C(=O)O)c5)C(=O)C4C3CC3C(=O)N(Nc4ccc(F)cc4)C(=O)C32c2ccc(Cl)cc2)c1O. The number of para-hydroxylation sites is 1. The van der Waals surface area contributed by atoms with Gasteiger partial charge in [0.25, 0.3) is 11.8 Å². The van der Waals surface area contributed by atoms with E-state index in [1.54, 1.807) is 42.5 Å². The Morgan fingerprint density at radius 2 is 1.64 bits per heavy atom. The van der Waals surface area contributed by atoms with Gasteiger partial charge < -0.3 is 14.9 Å². The Kier molecular flexibility index (Phi) is 8.10. The standard InChI is InChI=1S/C40H31ClFN3O8/c1-53-31-7-3-6-28(34(31)46)33-26-16-17-27-32(37(49)44(35(27)47)25-5-2-4-20(18-25)38(50)51)29(26)19-30-36(48)45(43-24-14-12-23(42)13-15-24)39(52)40(30,33)21-8-10-22(41)11-9-21/h2-16,18,27,29-30,32-33,43,46H,17,19H2,1H3,(H,50,51). The molecule has 6 atom stereocenters. The van der Waals surface area contributed by atoms with Crippen molar-refractivity contribution in [1.29, 1.82) is 0 Å². The maximum atomic E-state index is 15.2. The lowest BCUT2D eigenvalue weighted by molar-refractivity contribution is -0.138. The predicted octanol–water partition coefficient (Wildman–Crippen LogP) is 6.08. The number of methoxy groups -OCH3 is 1. The van der Waals surface area contributed by atoms with Crippen LogP contribution in [0.5, 0.6) is 11.5 Å². The maximum absolute atomic E-state index is 15.2. The second-order valence-corrected chi connectivity index (χ2v) is 14.1. The minimum atomic E-state index is -1.70. The number of aromatic carboxylic acids is 1. The fourth-order valence-electron chi connectivity index (χ4n) is 8.97. The van der Waals surface area contributed by atoms with Gasteiger partial charge in [0.15, 0.2) is 11.5 Å². The van der Waals surface area contributed by atoms with Gasteiger partial charge in [0.05, 0.1) is 47.2 Å². The molecule has 0 bridgehead atoms. The Hall–Kier alpha value is -6.01. The largest absolute Gasteiger partial charge is 0.504 e. The molecule has 6 unspecified atom stereocenters. The van der Waals surface area contributed by atoms with Crippen molar-refractivity contribution >= 4 is 52.6 Å². The number of carboxylic acids is 1. The number of phenolic OH excluding ortho intramolecular Hbond substituents is 1. The Labute approximate surface area is 307 Å². The van der Waals surface area contributed by atoms with E-state index >= 15 is 4.79 Å². The molecule has 0 spiro atoms. The molecule has 0 radical (unpaired) electrons. The van der Waals surface area contributed by atoms with E-state index in [2.05, 4.69) is 5.43 Å². The molecule has 3 N–H and O–H groups in total. The summed E-state index contributed by atoms with van der Waals surface area (Å²) in [4.78, 5) is 71.3. The summed E-state index contributed by atoms with van der Waals surface area (Å²) in [6, 6.07) is 22.2.